The van der Waals surface area contributed by atoms with E-state index in [1.165, 1.54) is 19.4 Å². The van der Waals surface area contributed by atoms with Gasteiger partial charge in [-0.05, 0) is 38.6 Å². The van der Waals surface area contributed by atoms with Crippen LogP contribution >= 0.6 is 12.4 Å². The summed E-state index contributed by atoms with van der Waals surface area (Å²) in [4.78, 5) is 2.35. The van der Waals surface area contributed by atoms with Gasteiger partial charge < -0.3 is 14.7 Å². The molecule has 1 aliphatic heterocycles. The Balaban J connectivity index is 0.00000144. The molecule has 1 aliphatic rings. The Morgan fingerprint density at radius 3 is 3.00 bits per heavy atom. The zero-order chi connectivity index (χ0) is 11.4. The van der Waals surface area contributed by atoms with E-state index in [-0.39, 0.29) is 18.2 Å². The molecule has 0 amide bonds. The smallest absolute Gasteiger partial charge is 0.122 e. The van der Waals surface area contributed by atoms with E-state index in [0.29, 0.717) is 5.92 Å². The van der Waals surface area contributed by atoms with E-state index in [4.69, 9.17) is 4.74 Å². The molecule has 0 aromatic heterocycles. The van der Waals surface area contributed by atoms with Crippen molar-refractivity contribution in [1.82, 2.24) is 4.90 Å². The standard InChI is InChI=1S/C13H19NO2.ClH/c1-14-7-3-4-11(9-14)10-16-13-6-2-5-12(15)8-13;/h2,5-6,8,11,15H,3-4,7,9-10H2,1H3;1H/t11-;/m0./s1. The normalized spacial score (nSPS) is 20.6. The Bertz CT molecular complexity index is 346. The molecule has 0 bridgehead atoms. The Labute approximate surface area is 109 Å². The molecule has 4 heteroatoms. The first-order chi connectivity index (χ1) is 7.74. The minimum absolute atomic E-state index is 0. The van der Waals surface area contributed by atoms with Crippen LogP contribution in [0.4, 0.5) is 0 Å². The van der Waals surface area contributed by atoms with Crippen LogP contribution in [0.1, 0.15) is 12.8 Å². The van der Waals surface area contributed by atoms with Crippen molar-refractivity contribution in [2.24, 2.45) is 5.92 Å². The van der Waals surface area contributed by atoms with Gasteiger partial charge in [-0.1, -0.05) is 6.07 Å². The van der Waals surface area contributed by atoms with E-state index < -0.39 is 0 Å². The molecule has 1 aromatic rings. The highest BCUT2D eigenvalue weighted by molar-refractivity contribution is 5.85. The topological polar surface area (TPSA) is 32.7 Å². The number of likely N-dealkylation sites (tertiary alicyclic amines) is 1. The first kappa shape index (κ1) is 14.1. The van der Waals surface area contributed by atoms with Crippen molar-refractivity contribution in [2.45, 2.75) is 12.8 Å². The van der Waals surface area contributed by atoms with Crippen LogP contribution in [0.15, 0.2) is 24.3 Å². The largest absolute Gasteiger partial charge is 0.508 e. The van der Waals surface area contributed by atoms with Crippen LogP contribution in [0.25, 0.3) is 0 Å². The number of benzene rings is 1. The molecule has 1 N–H and O–H groups in total. The fraction of sp³-hybridized carbons (Fsp3) is 0.538. The average molecular weight is 258 g/mol. The molecule has 0 spiro atoms. The molecule has 0 aliphatic carbocycles. The molecule has 1 fully saturated rings. The van der Waals surface area contributed by atoms with Gasteiger partial charge in [-0.3, -0.25) is 0 Å². The zero-order valence-corrected chi connectivity index (χ0v) is 10.9. The van der Waals surface area contributed by atoms with Gasteiger partial charge in [-0.15, -0.1) is 12.4 Å². The van der Waals surface area contributed by atoms with E-state index in [1.54, 1.807) is 18.2 Å². The molecule has 1 heterocycles. The Morgan fingerprint density at radius 1 is 1.47 bits per heavy atom. The number of aromatic hydroxyl groups is 1. The lowest BCUT2D eigenvalue weighted by atomic mass is 10.00. The van der Waals surface area contributed by atoms with Gasteiger partial charge >= 0.3 is 0 Å². The zero-order valence-electron chi connectivity index (χ0n) is 10.1. The molecular formula is C13H20ClNO2. The van der Waals surface area contributed by atoms with Gasteiger partial charge in [0.25, 0.3) is 0 Å². The monoisotopic (exact) mass is 257 g/mol. The molecule has 0 unspecified atom stereocenters. The van der Waals surface area contributed by atoms with E-state index in [1.807, 2.05) is 6.07 Å². The number of phenols is 1. The minimum atomic E-state index is 0. The van der Waals surface area contributed by atoms with Crippen molar-refractivity contribution < 1.29 is 9.84 Å². The maximum Gasteiger partial charge on any atom is 0.122 e. The third-order valence-electron chi connectivity index (χ3n) is 3.03. The second kappa shape index (κ2) is 6.72. The van der Waals surface area contributed by atoms with Crippen molar-refractivity contribution in [3.8, 4) is 11.5 Å². The van der Waals surface area contributed by atoms with Crippen molar-refractivity contribution in [3.63, 3.8) is 0 Å². The van der Waals surface area contributed by atoms with Gasteiger partial charge in [-0.2, -0.15) is 0 Å². The quantitative estimate of drug-likeness (QED) is 0.903. The molecule has 0 radical (unpaired) electrons. The molecule has 96 valence electrons. The van der Waals surface area contributed by atoms with E-state index >= 15 is 0 Å². The molecule has 17 heavy (non-hydrogen) atoms. The fourth-order valence-corrected chi connectivity index (χ4v) is 2.20. The molecular weight excluding hydrogens is 238 g/mol. The maximum absolute atomic E-state index is 9.30. The minimum Gasteiger partial charge on any atom is -0.508 e. The number of ether oxygens (including phenoxy) is 1. The predicted octanol–water partition coefficient (Wildman–Crippen LogP) is 2.53. The lowest BCUT2D eigenvalue weighted by Crippen LogP contribution is -2.34. The molecule has 2 rings (SSSR count). The Hall–Kier alpha value is -0.930. The third-order valence-corrected chi connectivity index (χ3v) is 3.03. The number of halogens is 1. The predicted molar refractivity (Wildman–Crippen MR) is 71.1 cm³/mol. The second-order valence-electron chi connectivity index (χ2n) is 4.58. The number of rotatable bonds is 3. The number of piperidine rings is 1. The first-order valence-corrected chi connectivity index (χ1v) is 5.84. The van der Waals surface area contributed by atoms with Crippen LogP contribution in [0.3, 0.4) is 0 Å². The summed E-state index contributed by atoms with van der Waals surface area (Å²) in [5.41, 5.74) is 0. The molecule has 0 saturated carbocycles. The second-order valence-corrected chi connectivity index (χ2v) is 4.58. The molecule has 1 aromatic carbocycles. The number of hydrogen-bond acceptors (Lipinski definition) is 3. The number of hydrogen-bond donors (Lipinski definition) is 1. The van der Waals surface area contributed by atoms with Crippen molar-refractivity contribution in [1.29, 1.82) is 0 Å². The highest BCUT2D eigenvalue weighted by Gasteiger charge is 2.17. The van der Waals surface area contributed by atoms with Crippen LogP contribution in [0.5, 0.6) is 11.5 Å². The highest BCUT2D eigenvalue weighted by Crippen LogP contribution is 2.20. The lowest BCUT2D eigenvalue weighted by Gasteiger charge is -2.29. The van der Waals surface area contributed by atoms with Crippen LogP contribution in [-0.4, -0.2) is 36.8 Å². The van der Waals surface area contributed by atoms with Crippen molar-refractivity contribution >= 4 is 12.4 Å². The highest BCUT2D eigenvalue weighted by atomic mass is 35.5. The summed E-state index contributed by atoms with van der Waals surface area (Å²) < 4.78 is 5.69. The summed E-state index contributed by atoms with van der Waals surface area (Å²) in [6.07, 6.45) is 2.49. The summed E-state index contributed by atoms with van der Waals surface area (Å²) in [7, 11) is 2.15. The van der Waals surface area contributed by atoms with Crippen molar-refractivity contribution in [3.05, 3.63) is 24.3 Å². The maximum atomic E-state index is 9.30. The summed E-state index contributed by atoms with van der Waals surface area (Å²) in [6, 6.07) is 7.00. The number of nitrogens with zero attached hydrogens (tertiary/aromatic N) is 1. The molecule has 1 atom stereocenters. The van der Waals surface area contributed by atoms with Crippen LogP contribution in [0, 0.1) is 5.92 Å². The van der Waals surface area contributed by atoms with Crippen LogP contribution in [-0.2, 0) is 0 Å². The van der Waals surface area contributed by atoms with Crippen molar-refractivity contribution in [2.75, 3.05) is 26.7 Å². The summed E-state index contributed by atoms with van der Waals surface area (Å²) in [6.45, 7) is 3.05. The van der Waals surface area contributed by atoms with Gasteiger partial charge in [-0.25, -0.2) is 0 Å². The fourth-order valence-electron chi connectivity index (χ4n) is 2.20. The number of phenolic OH excluding ortho intramolecular Hbond substituents is 1. The van der Waals surface area contributed by atoms with E-state index in [0.717, 1.165) is 18.9 Å². The van der Waals surface area contributed by atoms with E-state index in [2.05, 4.69) is 11.9 Å². The molecule has 3 nitrogen and oxygen atoms in total. The first-order valence-electron chi connectivity index (χ1n) is 5.84. The Morgan fingerprint density at radius 2 is 2.29 bits per heavy atom. The summed E-state index contributed by atoms with van der Waals surface area (Å²) in [5, 5.41) is 9.30. The average Bonchev–Trinajstić information content (AvgIpc) is 2.27. The van der Waals surface area contributed by atoms with E-state index in [9.17, 15) is 5.11 Å². The van der Waals surface area contributed by atoms with Gasteiger partial charge in [0, 0.05) is 18.5 Å². The third kappa shape index (κ3) is 4.44. The van der Waals surface area contributed by atoms with Crippen LogP contribution in [0.2, 0.25) is 0 Å². The summed E-state index contributed by atoms with van der Waals surface area (Å²) >= 11 is 0. The lowest BCUT2D eigenvalue weighted by molar-refractivity contribution is 0.150. The summed E-state index contributed by atoms with van der Waals surface area (Å²) in [5.74, 6) is 1.63. The van der Waals surface area contributed by atoms with Crippen LogP contribution < -0.4 is 4.74 Å². The Kier molecular flexibility index (Phi) is 5.59. The molecule has 1 saturated heterocycles. The SMILES string of the molecule is CN1CCC[C@H](COc2cccc(O)c2)C1.Cl. The van der Waals surface area contributed by atoms with Gasteiger partial charge in [0.15, 0.2) is 0 Å². The van der Waals surface area contributed by atoms with Gasteiger partial charge in [0.05, 0.1) is 6.61 Å². The van der Waals surface area contributed by atoms with Gasteiger partial charge in [0.1, 0.15) is 11.5 Å². The van der Waals surface area contributed by atoms with Gasteiger partial charge in [0.2, 0.25) is 0 Å².